The van der Waals surface area contributed by atoms with Gasteiger partial charge in [-0.2, -0.15) is 0 Å². The third-order valence-electron chi connectivity index (χ3n) is 4.81. The third-order valence-corrected chi connectivity index (χ3v) is 5.87. The molecule has 33 heavy (non-hydrogen) atoms. The minimum Gasteiger partial charge on any atom is -0.488 e. The number of ether oxygens (including phenoxy) is 1. The maximum absolute atomic E-state index is 13.4. The summed E-state index contributed by atoms with van der Waals surface area (Å²) >= 11 is 1.19. The average molecular weight is 463 g/mol. The van der Waals surface area contributed by atoms with Crippen LogP contribution in [0.2, 0.25) is 0 Å². The summed E-state index contributed by atoms with van der Waals surface area (Å²) in [5, 5.41) is 9.61. The van der Waals surface area contributed by atoms with E-state index in [-0.39, 0.29) is 23.9 Å². The second-order valence-corrected chi connectivity index (χ2v) is 8.19. The van der Waals surface area contributed by atoms with Crippen LogP contribution in [0, 0.1) is 5.82 Å². The second-order valence-electron chi connectivity index (χ2n) is 7.18. The largest absolute Gasteiger partial charge is 0.488 e. The molecule has 1 N–H and O–H groups in total. The predicted octanol–water partition coefficient (Wildman–Crippen LogP) is 5.34. The van der Waals surface area contributed by atoms with Gasteiger partial charge < -0.3 is 9.84 Å². The SMILES string of the molecule is CN1C(=O)/C(=C/c2ccccc2OCc2cccc(F)c2)SC1=Nc1cccc(C(=O)O)c1. The zero-order chi connectivity index (χ0) is 23.4. The van der Waals surface area contributed by atoms with Crippen molar-refractivity contribution in [3.63, 3.8) is 0 Å². The first-order chi connectivity index (χ1) is 15.9. The van der Waals surface area contributed by atoms with Crippen molar-refractivity contribution in [2.75, 3.05) is 7.05 Å². The number of aromatic carboxylic acids is 1. The van der Waals surface area contributed by atoms with Crippen molar-refractivity contribution in [3.05, 3.63) is 100 Å². The molecular formula is C25H19FN2O4S. The molecule has 3 aromatic carbocycles. The quantitative estimate of drug-likeness (QED) is 0.501. The number of hydrogen-bond donors (Lipinski definition) is 1. The molecule has 166 valence electrons. The molecule has 1 amide bonds. The van der Waals surface area contributed by atoms with Gasteiger partial charge in [0.25, 0.3) is 5.91 Å². The molecule has 0 unspecified atom stereocenters. The van der Waals surface area contributed by atoms with E-state index in [0.717, 1.165) is 0 Å². The van der Waals surface area contributed by atoms with E-state index in [9.17, 15) is 14.0 Å². The van der Waals surface area contributed by atoms with Gasteiger partial charge in [-0.05, 0) is 59.8 Å². The number of carbonyl (C=O) groups is 2. The number of benzene rings is 3. The van der Waals surface area contributed by atoms with Crippen molar-refractivity contribution < 1.29 is 23.8 Å². The highest BCUT2D eigenvalue weighted by Gasteiger charge is 2.30. The van der Waals surface area contributed by atoms with Crippen molar-refractivity contribution in [3.8, 4) is 5.75 Å². The minimum atomic E-state index is -1.05. The molecule has 1 heterocycles. The number of carboxylic acid groups (broad SMARTS) is 1. The minimum absolute atomic E-state index is 0.119. The summed E-state index contributed by atoms with van der Waals surface area (Å²) in [6.07, 6.45) is 1.72. The molecule has 0 spiro atoms. The first-order valence-electron chi connectivity index (χ1n) is 9.96. The fourth-order valence-corrected chi connectivity index (χ4v) is 4.11. The molecule has 0 bridgehead atoms. The molecule has 1 aliphatic rings. The lowest BCUT2D eigenvalue weighted by Crippen LogP contribution is -2.23. The molecule has 0 saturated carbocycles. The van der Waals surface area contributed by atoms with E-state index < -0.39 is 5.97 Å². The maximum atomic E-state index is 13.4. The van der Waals surface area contributed by atoms with Gasteiger partial charge in [0.1, 0.15) is 18.2 Å². The molecule has 3 aromatic rings. The summed E-state index contributed by atoms with van der Waals surface area (Å²) in [6, 6.07) is 19.7. The van der Waals surface area contributed by atoms with Gasteiger partial charge in [-0.25, -0.2) is 14.2 Å². The van der Waals surface area contributed by atoms with Crippen LogP contribution in [0.1, 0.15) is 21.5 Å². The van der Waals surface area contributed by atoms with Gasteiger partial charge in [-0.15, -0.1) is 0 Å². The highest BCUT2D eigenvalue weighted by molar-refractivity contribution is 8.18. The van der Waals surface area contributed by atoms with Crippen LogP contribution >= 0.6 is 11.8 Å². The van der Waals surface area contributed by atoms with Crippen LogP contribution in [0.5, 0.6) is 5.75 Å². The Balaban J connectivity index is 1.57. The maximum Gasteiger partial charge on any atom is 0.335 e. The number of carbonyl (C=O) groups excluding carboxylic acids is 1. The van der Waals surface area contributed by atoms with Gasteiger partial charge in [-0.3, -0.25) is 9.69 Å². The van der Waals surface area contributed by atoms with E-state index in [4.69, 9.17) is 9.84 Å². The van der Waals surface area contributed by atoms with Crippen molar-refractivity contribution in [2.24, 2.45) is 4.99 Å². The summed E-state index contributed by atoms with van der Waals surface area (Å²) in [5.74, 6) is -1.04. The number of carboxylic acids is 1. The third kappa shape index (κ3) is 5.30. The van der Waals surface area contributed by atoms with E-state index in [0.29, 0.717) is 32.6 Å². The number of hydrogen-bond acceptors (Lipinski definition) is 5. The Kier molecular flexibility index (Phi) is 6.55. The Labute approximate surface area is 194 Å². The van der Waals surface area contributed by atoms with Crippen molar-refractivity contribution in [1.82, 2.24) is 4.90 Å². The molecule has 4 rings (SSSR count). The zero-order valence-electron chi connectivity index (χ0n) is 17.6. The number of halogens is 1. The molecule has 1 aliphatic heterocycles. The van der Waals surface area contributed by atoms with E-state index in [1.54, 1.807) is 43.5 Å². The molecule has 6 nitrogen and oxygen atoms in total. The van der Waals surface area contributed by atoms with E-state index in [1.165, 1.54) is 40.9 Å². The number of rotatable bonds is 6. The normalized spacial score (nSPS) is 15.9. The predicted molar refractivity (Wildman–Crippen MR) is 126 cm³/mol. The van der Waals surface area contributed by atoms with Gasteiger partial charge >= 0.3 is 5.97 Å². The van der Waals surface area contributed by atoms with Crippen molar-refractivity contribution in [1.29, 1.82) is 0 Å². The Morgan fingerprint density at radius 3 is 2.70 bits per heavy atom. The van der Waals surface area contributed by atoms with E-state index >= 15 is 0 Å². The highest BCUT2D eigenvalue weighted by atomic mass is 32.2. The van der Waals surface area contributed by atoms with Crippen molar-refractivity contribution in [2.45, 2.75) is 6.61 Å². The van der Waals surface area contributed by atoms with Gasteiger partial charge in [0.2, 0.25) is 0 Å². The Hall–Kier alpha value is -3.91. The monoisotopic (exact) mass is 462 g/mol. The number of para-hydroxylation sites is 1. The lowest BCUT2D eigenvalue weighted by Gasteiger charge is -2.10. The molecule has 0 aromatic heterocycles. The van der Waals surface area contributed by atoms with Gasteiger partial charge in [-0.1, -0.05) is 36.4 Å². The average Bonchev–Trinajstić information content (AvgIpc) is 3.06. The molecular weight excluding hydrogens is 443 g/mol. The summed E-state index contributed by atoms with van der Waals surface area (Å²) < 4.78 is 19.3. The number of amidine groups is 1. The fraction of sp³-hybridized carbons (Fsp3) is 0.0800. The van der Waals surface area contributed by atoms with Crippen LogP contribution in [0.4, 0.5) is 10.1 Å². The number of aliphatic imine (C=N–C) groups is 1. The molecule has 1 saturated heterocycles. The van der Waals surface area contributed by atoms with Crippen LogP contribution in [-0.4, -0.2) is 34.1 Å². The summed E-state index contributed by atoms with van der Waals surface area (Å²) in [5.41, 5.74) is 1.96. The lowest BCUT2D eigenvalue weighted by atomic mass is 10.1. The van der Waals surface area contributed by atoms with Crippen molar-refractivity contribution >= 4 is 40.6 Å². The smallest absolute Gasteiger partial charge is 0.335 e. The number of thioether (sulfide) groups is 1. The molecule has 0 atom stereocenters. The van der Waals surface area contributed by atoms with Gasteiger partial charge in [0.05, 0.1) is 16.2 Å². The number of amides is 1. The van der Waals surface area contributed by atoms with E-state index in [1.807, 2.05) is 18.2 Å². The van der Waals surface area contributed by atoms with Crippen LogP contribution in [0.3, 0.4) is 0 Å². The molecule has 8 heteroatoms. The summed E-state index contributed by atoms with van der Waals surface area (Å²) in [4.78, 5) is 30.3. The van der Waals surface area contributed by atoms with Crippen LogP contribution in [0.15, 0.2) is 82.7 Å². The van der Waals surface area contributed by atoms with Gasteiger partial charge in [0, 0.05) is 12.6 Å². The topological polar surface area (TPSA) is 79.2 Å². The Bertz CT molecular complexity index is 1290. The lowest BCUT2D eigenvalue weighted by molar-refractivity contribution is -0.121. The fourth-order valence-electron chi connectivity index (χ4n) is 3.13. The number of nitrogens with zero attached hydrogens (tertiary/aromatic N) is 2. The molecule has 1 fully saturated rings. The van der Waals surface area contributed by atoms with Crippen LogP contribution < -0.4 is 4.74 Å². The molecule has 0 aliphatic carbocycles. The Morgan fingerprint density at radius 2 is 1.91 bits per heavy atom. The Morgan fingerprint density at radius 1 is 1.12 bits per heavy atom. The van der Waals surface area contributed by atoms with Crippen LogP contribution in [-0.2, 0) is 11.4 Å². The second kappa shape index (κ2) is 9.70. The number of likely N-dealkylation sites (N-methyl/N-ethyl adjacent to an activating group) is 1. The highest BCUT2D eigenvalue weighted by Crippen LogP contribution is 2.35. The van der Waals surface area contributed by atoms with Gasteiger partial charge in [0.15, 0.2) is 5.17 Å². The first kappa shape index (κ1) is 22.3. The van der Waals surface area contributed by atoms with E-state index in [2.05, 4.69) is 4.99 Å². The molecule has 0 radical (unpaired) electrons. The zero-order valence-corrected chi connectivity index (χ0v) is 18.4. The summed E-state index contributed by atoms with van der Waals surface area (Å²) in [6.45, 7) is 0.186. The van der Waals surface area contributed by atoms with Crippen LogP contribution in [0.25, 0.3) is 6.08 Å². The summed E-state index contributed by atoms with van der Waals surface area (Å²) in [7, 11) is 1.61. The first-order valence-corrected chi connectivity index (χ1v) is 10.8. The standard InChI is InChI=1S/C25H19FN2O4S/c1-28-23(29)22(33-25(28)27-20-10-5-8-18(13-20)24(30)31)14-17-7-2-3-11-21(17)32-15-16-6-4-9-19(26)12-16/h2-14H,15H2,1H3,(H,30,31)/b22-14-,27-25?.